The fourth-order valence-electron chi connectivity index (χ4n) is 1.11. The molecule has 0 aromatic heterocycles. The first kappa shape index (κ1) is 12.1. The van der Waals surface area contributed by atoms with E-state index in [-0.39, 0.29) is 16.7 Å². The van der Waals surface area contributed by atoms with E-state index in [0.717, 1.165) is 5.56 Å². The van der Waals surface area contributed by atoms with Gasteiger partial charge >= 0.3 is 0 Å². The van der Waals surface area contributed by atoms with Crippen LogP contribution in [0.4, 0.5) is 4.39 Å². The van der Waals surface area contributed by atoms with Gasteiger partial charge in [-0.25, -0.2) is 4.39 Å². The zero-order valence-electron chi connectivity index (χ0n) is 8.79. The number of ether oxygens (including phenoxy) is 1. The van der Waals surface area contributed by atoms with Gasteiger partial charge in [0.25, 0.3) is 0 Å². The van der Waals surface area contributed by atoms with Gasteiger partial charge in [0.05, 0.1) is 12.7 Å². The van der Waals surface area contributed by atoms with Crippen LogP contribution in [-0.2, 0) is 11.3 Å². The smallest absolute Gasteiger partial charge is 0.133 e. The van der Waals surface area contributed by atoms with Crippen LogP contribution < -0.4 is 5.73 Å². The van der Waals surface area contributed by atoms with E-state index in [1.165, 1.54) is 6.07 Å². The third-order valence-corrected chi connectivity index (χ3v) is 2.10. The zero-order valence-corrected chi connectivity index (χ0v) is 9.60. The Morgan fingerprint density at radius 2 is 2.20 bits per heavy atom. The molecule has 0 radical (unpaired) electrons. The van der Waals surface area contributed by atoms with Crippen LogP contribution in [0.5, 0.6) is 0 Å². The van der Waals surface area contributed by atoms with Crippen molar-refractivity contribution in [2.45, 2.75) is 26.6 Å². The van der Waals surface area contributed by atoms with Gasteiger partial charge in [-0.05, 0) is 31.5 Å². The average Bonchev–Trinajstić information content (AvgIpc) is 2.16. The number of rotatable bonds is 4. The molecular formula is C11H14FNOS. The lowest BCUT2D eigenvalue weighted by molar-refractivity contribution is 0.0657. The Morgan fingerprint density at radius 3 is 2.73 bits per heavy atom. The highest BCUT2D eigenvalue weighted by Gasteiger charge is 2.06. The van der Waals surface area contributed by atoms with E-state index in [0.29, 0.717) is 6.61 Å². The minimum absolute atomic E-state index is 0.0684. The normalized spacial score (nSPS) is 10.7. The highest BCUT2D eigenvalue weighted by molar-refractivity contribution is 7.80. The predicted molar refractivity (Wildman–Crippen MR) is 62.2 cm³/mol. The maximum atomic E-state index is 13.2. The molecule has 0 aliphatic carbocycles. The van der Waals surface area contributed by atoms with Crippen molar-refractivity contribution in [2.75, 3.05) is 0 Å². The SMILES string of the molecule is CC(C)OCc1ccc(F)c(C(N)=S)c1. The molecule has 0 atom stereocenters. The fraction of sp³-hybridized carbons (Fsp3) is 0.364. The molecule has 82 valence electrons. The Balaban J connectivity index is 2.83. The standard InChI is InChI=1S/C11H14FNOS/c1-7(2)14-6-8-3-4-10(12)9(5-8)11(13)15/h3-5,7H,6H2,1-2H3,(H2,13,15). The second kappa shape index (κ2) is 5.19. The summed E-state index contributed by atoms with van der Waals surface area (Å²) in [5, 5.41) is 0. The van der Waals surface area contributed by atoms with Gasteiger partial charge in [-0.15, -0.1) is 0 Å². The van der Waals surface area contributed by atoms with Gasteiger partial charge in [0.1, 0.15) is 10.8 Å². The lowest BCUT2D eigenvalue weighted by atomic mass is 10.1. The summed E-state index contributed by atoms with van der Waals surface area (Å²) in [6, 6.07) is 4.65. The average molecular weight is 227 g/mol. The molecule has 1 aromatic carbocycles. The Bertz CT molecular complexity index is 366. The molecule has 0 spiro atoms. The summed E-state index contributed by atoms with van der Waals surface area (Å²) in [7, 11) is 0. The quantitative estimate of drug-likeness (QED) is 0.802. The maximum absolute atomic E-state index is 13.2. The van der Waals surface area contributed by atoms with Crippen molar-refractivity contribution < 1.29 is 9.13 Å². The Hall–Kier alpha value is -1.00. The molecule has 0 bridgehead atoms. The van der Waals surface area contributed by atoms with E-state index in [4.69, 9.17) is 22.7 Å². The Kier molecular flexibility index (Phi) is 4.17. The highest BCUT2D eigenvalue weighted by Crippen LogP contribution is 2.12. The van der Waals surface area contributed by atoms with Crippen molar-refractivity contribution in [3.05, 3.63) is 35.1 Å². The van der Waals surface area contributed by atoms with E-state index in [9.17, 15) is 4.39 Å². The van der Waals surface area contributed by atoms with Gasteiger partial charge < -0.3 is 10.5 Å². The summed E-state index contributed by atoms with van der Waals surface area (Å²) in [5.41, 5.74) is 6.53. The van der Waals surface area contributed by atoms with Crippen molar-refractivity contribution in [3.63, 3.8) is 0 Å². The second-order valence-corrected chi connectivity index (χ2v) is 3.98. The number of hydrogen-bond donors (Lipinski definition) is 1. The minimum Gasteiger partial charge on any atom is -0.389 e. The summed E-state index contributed by atoms with van der Waals surface area (Å²) < 4.78 is 18.6. The topological polar surface area (TPSA) is 35.2 Å². The Morgan fingerprint density at radius 1 is 1.53 bits per heavy atom. The van der Waals surface area contributed by atoms with Gasteiger partial charge in [0.15, 0.2) is 0 Å². The number of nitrogens with two attached hydrogens (primary N) is 1. The van der Waals surface area contributed by atoms with E-state index in [2.05, 4.69) is 0 Å². The van der Waals surface area contributed by atoms with Crippen LogP contribution in [0, 0.1) is 5.82 Å². The summed E-state index contributed by atoms with van der Waals surface area (Å²) in [5.74, 6) is -0.393. The summed E-state index contributed by atoms with van der Waals surface area (Å²) in [6.45, 7) is 4.32. The zero-order chi connectivity index (χ0) is 11.4. The number of thiocarbonyl (C=S) groups is 1. The van der Waals surface area contributed by atoms with Crippen molar-refractivity contribution in [3.8, 4) is 0 Å². The first-order valence-corrected chi connectivity index (χ1v) is 5.11. The summed E-state index contributed by atoms with van der Waals surface area (Å²) >= 11 is 4.74. The van der Waals surface area contributed by atoms with Crippen molar-refractivity contribution in [1.82, 2.24) is 0 Å². The van der Waals surface area contributed by atoms with Crippen molar-refractivity contribution in [1.29, 1.82) is 0 Å². The molecule has 0 heterocycles. The molecule has 1 aromatic rings. The van der Waals surface area contributed by atoms with Gasteiger partial charge in [-0.1, -0.05) is 18.3 Å². The third kappa shape index (κ3) is 3.57. The van der Waals surface area contributed by atoms with E-state index >= 15 is 0 Å². The lowest BCUT2D eigenvalue weighted by Crippen LogP contribution is -2.12. The molecule has 1 rings (SSSR count). The summed E-state index contributed by atoms with van der Waals surface area (Å²) in [6.07, 6.45) is 0.142. The largest absolute Gasteiger partial charge is 0.389 e. The first-order valence-electron chi connectivity index (χ1n) is 4.70. The molecule has 0 saturated heterocycles. The number of hydrogen-bond acceptors (Lipinski definition) is 2. The van der Waals surface area contributed by atoms with Crippen molar-refractivity contribution >= 4 is 17.2 Å². The monoisotopic (exact) mass is 227 g/mol. The molecule has 4 heteroatoms. The molecule has 0 aliphatic heterocycles. The molecule has 0 amide bonds. The van der Waals surface area contributed by atoms with E-state index in [1.807, 2.05) is 13.8 Å². The van der Waals surface area contributed by atoms with E-state index < -0.39 is 5.82 Å². The molecule has 0 unspecified atom stereocenters. The van der Waals surface area contributed by atoms with Gasteiger partial charge in [0, 0.05) is 5.56 Å². The first-order chi connectivity index (χ1) is 7.00. The highest BCUT2D eigenvalue weighted by atomic mass is 32.1. The Labute approximate surface area is 94.2 Å². The maximum Gasteiger partial charge on any atom is 0.133 e. The van der Waals surface area contributed by atoms with Gasteiger partial charge in [0.2, 0.25) is 0 Å². The molecule has 0 aliphatic rings. The van der Waals surface area contributed by atoms with Crippen molar-refractivity contribution in [2.24, 2.45) is 5.73 Å². The fourth-order valence-corrected chi connectivity index (χ4v) is 1.27. The van der Waals surface area contributed by atoms with Crippen LogP contribution in [0.1, 0.15) is 25.0 Å². The summed E-state index contributed by atoms with van der Waals surface area (Å²) in [4.78, 5) is 0.0684. The lowest BCUT2D eigenvalue weighted by Gasteiger charge is -2.09. The number of benzene rings is 1. The van der Waals surface area contributed by atoms with Crippen LogP contribution in [0.3, 0.4) is 0 Å². The molecule has 0 fully saturated rings. The van der Waals surface area contributed by atoms with E-state index in [1.54, 1.807) is 12.1 Å². The second-order valence-electron chi connectivity index (χ2n) is 3.54. The van der Waals surface area contributed by atoms with Gasteiger partial charge in [-0.2, -0.15) is 0 Å². The van der Waals surface area contributed by atoms with Crippen LogP contribution in [0.2, 0.25) is 0 Å². The molecule has 2 nitrogen and oxygen atoms in total. The van der Waals surface area contributed by atoms with Crippen LogP contribution in [0.25, 0.3) is 0 Å². The molecular weight excluding hydrogens is 213 g/mol. The minimum atomic E-state index is -0.393. The van der Waals surface area contributed by atoms with Crippen LogP contribution >= 0.6 is 12.2 Å². The third-order valence-electron chi connectivity index (χ3n) is 1.88. The molecule has 2 N–H and O–H groups in total. The van der Waals surface area contributed by atoms with Crippen LogP contribution in [-0.4, -0.2) is 11.1 Å². The predicted octanol–water partition coefficient (Wildman–Crippen LogP) is 2.38. The number of halogens is 1. The van der Waals surface area contributed by atoms with Gasteiger partial charge in [-0.3, -0.25) is 0 Å². The van der Waals surface area contributed by atoms with Crippen LogP contribution in [0.15, 0.2) is 18.2 Å². The molecule has 0 saturated carbocycles. The molecule has 15 heavy (non-hydrogen) atoms.